The summed E-state index contributed by atoms with van der Waals surface area (Å²) in [7, 11) is 0. The van der Waals surface area contributed by atoms with Gasteiger partial charge in [0.1, 0.15) is 0 Å². The summed E-state index contributed by atoms with van der Waals surface area (Å²) in [6.45, 7) is 6.92. The fraction of sp³-hybridized carbons (Fsp3) is 0.556. The van der Waals surface area contributed by atoms with E-state index in [9.17, 15) is 14.7 Å². The summed E-state index contributed by atoms with van der Waals surface area (Å²) in [6.07, 6.45) is 1.11. The van der Waals surface area contributed by atoms with Crippen LogP contribution in [-0.2, 0) is 9.59 Å². The number of benzene rings is 1. The largest absolute Gasteiger partial charge is 0.393 e. The summed E-state index contributed by atoms with van der Waals surface area (Å²) < 4.78 is 0. The number of nitrogens with one attached hydrogen (secondary N) is 1. The van der Waals surface area contributed by atoms with Crippen LogP contribution >= 0.6 is 0 Å². The first-order valence-corrected chi connectivity index (χ1v) is 8.27. The lowest BCUT2D eigenvalue weighted by atomic mass is 9.92. The molecular formula is C18H26N2O3. The summed E-state index contributed by atoms with van der Waals surface area (Å²) >= 11 is 0. The molecule has 0 bridgehead atoms. The highest BCUT2D eigenvalue weighted by molar-refractivity contribution is 6.39. The average Bonchev–Trinajstić information content (AvgIpc) is 2.54. The molecule has 2 rings (SSSR count). The molecule has 126 valence electrons. The molecule has 1 fully saturated rings. The highest BCUT2D eigenvalue weighted by Crippen LogP contribution is 2.24. The molecule has 23 heavy (non-hydrogen) atoms. The number of rotatable bonds is 3. The summed E-state index contributed by atoms with van der Waals surface area (Å²) in [6, 6.07) is 7.55. The van der Waals surface area contributed by atoms with E-state index in [4.69, 9.17) is 0 Å². The molecular weight excluding hydrogens is 292 g/mol. The number of anilines is 1. The zero-order valence-corrected chi connectivity index (χ0v) is 14.1. The van der Waals surface area contributed by atoms with Crippen molar-refractivity contribution in [2.24, 2.45) is 5.92 Å². The van der Waals surface area contributed by atoms with Crippen molar-refractivity contribution in [3.8, 4) is 0 Å². The molecule has 1 aliphatic rings. The van der Waals surface area contributed by atoms with Crippen LogP contribution in [0.2, 0.25) is 0 Å². The summed E-state index contributed by atoms with van der Waals surface area (Å²) in [5.41, 5.74) is 1.71. The Morgan fingerprint density at radius 3 is 2.35 bits per heavy atom. The topological polar surface area (TPSA) is 69.6 Å². The molecule has 1 aromatic carbocycles. The predicted octanol–water partition coefficient (Wildman–Crippen LogP) is 2.37. The molecule has 0 aromatic heterocycles. The third kappa shape index (κ3) is 4.32. The molecule has 2 amide bonds. The average molecular weight is 318 g/mol. The van der Waals surface area contributed by atoms with E-state index in [-0.39, 0.29) is 17.9 Å². The van der Waals surface area contributed by atoms with Gasteiger partial charge < -0.3 is 15.3 Å². The fourth-order valence-corrected chi connectivity index (χ4v) is 3.02. The molecule has 1 aliphatic heterocycles. The van der Waals surface area contributed by atoms with E-state index in [2.05, 4.69) is 5.32 Å². The third-order valence-electron chi connectivity index (χ3n) is 4.53. The molecule has 5 nitrogen and oxygen atoms in total. The van der Waals surface area contributed by atoms with Gasteiger partial charge in [-0.3, -0.25) is 9.59 Å². The van der Waals surface area contributed by atoms with Gasteiger partial charge in [-0.05, 0) is 43.2 Å². The maximum absolute atomic E-state index is 12.3. The lowest BCUT2D eigenvalue weighted by Gasteiger charge is -2.32. The van der Waals surface area contributed by atoms with Crippen molar-refractivity contribution in [2.75, 3.05) is 18.4 Å². The van der Waals surface area contributed by atoms with Crippen LogP contribution in [0.5, 0.6) is 0 Å². The highest BCUT2D eigenvalue weighted by Gasteiger charge is 2.29. The zero-order valence-electron chi connectivity index (χ0n) is 14.1. The monoisotopic (exact) mass is 318 g/mol. The van der Waals surface area contributed by atoms with Gasteiger partial charge in [0, 0.05) is 18.8 Å². The number of carbonyl (C=O) groups is 2. The van der Waals surface area contributed by atoms with Gasteiger partial charge in [0.25, 0.3) is 0 Å². The smallest absolute Gasteiger partial charge is 0.313 e. The van der Waals surface area contributed by atoms with Crippen LogP contribution in [0.3, 0.4) is 0 Å². The summed E-state index contributed by atoms with van der Waals surface area (Å²) in [5.74, 6) is -0.603. The van der Waals surface area contributed by atoms with Crippen molar-refractivity contribution in [1.29, 1.82) is 0 Å². The molecule has 1 atom stereocenters. The number of aliphatic hydroxyl groups excluding tert-OH is 1. The number of hydrogen-bond acceptors (Lipinski definition) is 3. The normalized spacial score (nSPS) is 17.2. The van der Waals surface area contributed by atoms with Crippen LogP contribution in [-0.4, -0.2) is 41.0 Å². The van der Waals surface area contributed by atoms with E-state index in [1.165, 1.54) is 0 Å². The number of amides is 2. The van der Waals surface area contributed by atoms with Gasteiger partial charge in [0.2, 0.25) is 0 Å². The maximum Gasteiger partial charge on any atom is 0.313 e. The van der Waals surface area contributed by atoms with Crippen molar-refractivity contribution in [3.05, 3.63) is 29.8 Å². The number of nitrogens with zero attached hydrogens (tertiary/aromatic N) is 1. The first-order valence-electron chi connectivity index (χ1n) is 8.27. The number of para-hydroxylation sites is 1. The van der Waals surface area contributed by atoms with Crippen LogP contribution < -0.4 is 5.32 Å². The van der Waals surface area contributed by atoms with Gasteiger partial charge in [-0.1, -0.05) is 32.0 Å². The van der Waals surface area contributed by atoms with Crippen molar-refractivity contribution in [3.63, 3.8) is 0 Å². The Morgan fingerprint density at radius 2 is 1.78 bits per heavy atom. The number of hydrogen-bond donors (Lipinski definition) is 2. The van der Waals surface area contributed by atoms with Crippen LogP contribution in [0.4, 0.5) is 5.69 Å². The van der Waals surface area contributed by atoms with Gasteiger partial charge in [0.05, 0.1) is 6.10 Å². The standard InChI is InChI=1S/C18H26N2O3/c1-12(2)15-6-4-5-7-16(15)19-17(22)18(23)20-10-8-14(9-11-20)13(3)21/h4-7,12-14,21H,8-11H2,1-3H3,(H,19,22). The van der Waals surface area contributed by atoms with Gasteiger partial charge in [-0.25, -0.2) is 0 Å². The Bertz CT molecular complexity index is 561. The van der Waals surface area contributed by atoms with E-state index < -0.39 is 11.8 Å². The molecule has 1 saturated heterocycles. The van der Waals surface area contributed by atoms with Crippen LogP contribution in [0.25, 0.3) is 0 Å². The molecule has 1 aromatic rings. The molecule has 1 heterocycles. The van der Waals surface area contributed by atoms with Gasteiger partial charge >= 0.3 is 11.8 Å². The first-order chi connectivity index (χ1) is 10.9. The Labute approximate surface area is 137 Å². The van der Waals surface area contributed by atoms with Crippen LogP contribution in [0, 0.1) is 5.92 Å². The maximum atomic E-state index is 12.3. The second-order valence-electron chi connectivity index (χ2n) is 6.57. The second kappa shape index (κ2) is 7.59. The number of aliphatic hydroxyl groups is 1. The highest BCUT2D eigenvalue weighted by atomic mass is 16.3. The Hall–Kier alpha value is -1.88. The minimum Gasteiger partial charge on any atom is -0.393 e. The van der Waals surface area contributed by atoms with Crippen molar-refractivity contribution in [2.45, 2.75) is 45.6 Å². The second-order valence-corrected chi connectivity index (χ2v) is 6.57. The lowest BCUT2D eigenvalue weighted by Crippen LogP contribution is -2.45. The molecule has 5 heteroatoms. The van der Waals surface area contributed by atoms with Crippen molar-refractivity contribution >= 4 is 17.5 Å². The Morgan fingerprint density at radius 1 is 1.17 bits per heavy atom. The van der Waals surface area contributed by atoms with Gasteiger partial charge in [0.15, 0.2) is 0 Å². The quantitative estimate of drug-likeness (QED) is 0.841. The summed E-state index contributed by atoms with van der Waals surface area (Å²) in [5, 5.41) is 12.3. The van der Waals surface area contributed by atoms with E-state index in [0.29, 0.717) is 18.8 Å². The minimum absolute atomic E-state index is 0.212. The molecule has 2 N–H and O–H groups in total. The molecule has 0 spiro atoms. The number of likely N-dealkylation sites (tertiary alicyclic amines) is 1. The van der Waals surface area contributed by atoms with Gasteiger partial charge in [-0.2, -0.15) is 0 Å². The summed E-state index contributed by atoms with van der Waals surface area (Å²) in [4.78, 5) is 26.1. The number of carbonyl (C=O) groups excluding carboxylic acids is 2. The Balaban J connectivity index is 1.98. The third-order valence-corrected chi connectivity index (χ3v) is 4.53. The molecule has 0 radical (unpaired) electrons. The lowest BCUT2D eigenvalue weighted by molar-refractivity contribution is -0.144. The minimum atomic E-state index is -0.589. The molecule has 0 aliphatic carbocycles. The van der Waals surface area contributed by atoms with Crippen LogP contribution in [0.1, 0.15) is 45.1 Å². The van der Waals surface area contributed by atoms with E-state index in [1.807, 2.05) is 38.1 Å². The predicted molar refractivity (Wildman–Crippen MR) is 90.1 cm³/mol. The SMILES string of the molecule is CC(C)c1ccccc1NC(=O)C(=O)N1CCC(C(C)O)CC1. The fourth-order valence-electron chi connectivity index (χ4n) is 3.02. The van der Waals surface area contributed by atoms with E-state index in [0.717, 1.165) is 18.4 Å². The van der Waals surface area contributed by atoms with Crippen molar-refractivity contribution in [1.82, 2.24) is 4.90 Å². The molecule has 0 saturated carbocycles. The number of piperidine rings is 1. The van der Waals surface area contributed by atoms with Crippen molar-refractivity contribution < 1.29 is 14.7 Å². The zero-order chi connectivity index (χ0) is 17.0. The van der Waals surface area contributed by atoms with Gasteiger partial charge in [-0.15, -0.1) is 0 Å². The molecule has 1 unspecified atom stereocenters. The first kappa shape index (κ1) is 17.5. The van der Waals surface area contributed by atoms with E-state index in [1.54, 1.807) is 11.8 Å². The Kier molecular flexibility index (Phi) is 5.77. The van der Waals surface area contributed by atoms with E-state index >= 15 is 0 Å². The van der Waals surface area contributed by atoms with Crippen LogP contribution in [0.15, 0.2) is 24.3 Å².